The van der Waals surface area contributed by atoms with Crippen LogP contribution in [0, 0.1) is 5.41 Å². The van der Waals surface area contributed by atoms with E-state index < -0.39 is 5.41 Å². The summed E-state index contributed by atoms with van der Waals surface area (Å²) < 4.78 is 6.66. The van der Waals surface area contributed by atoms with Crippen molar-refractivity contribution >= 4 is 21.8 Å². The molecule has 1 aliphatic rings. The summed E-state index contributed by atoms with van der Waals surface area (Å²) in [6.45, 7) is 4.94. The summed E-state index contributed by atoms with van der Waals surface area (Å²) in [5.41, 5.74) is 5.97. The lowest BCUT2D eigenvalue weighted by molar-refractivity contribution is -0.125. The maximum Gasteiger partial charge on any atom is 0.224 e. The molecule has 0 radical (unpaired) electrons. The Bertz CT molecular complexity index is 488. The number of hydrogen-bond acceptors (Lipinski definition) is 3. The lowest BCUT2D eigenvalue weighted by Gasteiger charge is -2.30. The lowest BCUT2D eigenvalue weighted by atomic mass is 9.91. The number of fused-ring (bicyclic) bond motifs is 1. The van der Waals surface area contributed by atoms with Gasteiger partial charge in [-0.05, 0) is 32.0 Å². The van der Waals surface area contributed by atoms with Crippen LogP contribution in [0.1, 0.15) is 31.9 Å². The van der Waals surface area contributed by atoms with E-state index in [1.165, 1.54) is 0 Å². The molecule has 1 heterocycles. The number of nitrogens with two attached hydrogens (primary N) is 1. The molecule has 4 nitrogen and oxygen atoms in total. The van der Waals surface area contributed by atoms with E-state index in [2.05, 4.69) is 27.3 Å². The fourth-order valence-corrected chi connectivity index (χ4v) is 2.42. The summed E-state index contributed by atoms with van der Waals surface area (Å²) in [7, 11) is 0. The molecule has 3 N–H and O–H groups in total. The number of nitrogens with one attached hydrogen (secondary N) is 1. The van der Waals surface area contributed by atoms with Crippen LogP contribution in [0.4, 0.5) is 0 Å². The van der Waals surface area contributed by atoms with Gasteiger partial charge in [-0.3, -0.25) is 4.79 Å². The van der Waals surface area contributed by atoms with Gasteiger partial charge in [-0.1, -0.05) is 15.9 Å². The summed E-state index contributed by atoms with van der Waals surface area (Å²) in [5.74, 6) is 0.616. The van der Waals surface area contributed by atoms with Crippen LogP contribution in [-0.4, -0.2) is 19.1 Å². The minimum atomic E-state index is -0.551. The van der Waals surface area contributed by atoms with Crippen molar-refractivity contribution in [3.8, 4) is 5.75 Å². The van der Waals surface area contributed by atoms with E-state index in [-0.39, 0.29) is 11.9 Å². The van der Waals surface area contributed by atoms with E-state index in [0.717, 1.165) is 22.2 Å². The van der Waals surface area contributed by atoms with Crippen LogP contribution in [0.2, 0.25) is 0 Å². The molecule has 0 bridgehead atoms. The molecular weight excluding hydrogens is 308 g/mol. The number of ether oxygens (including phenoxy) is 1. The van der Waals surface area contributed by atoms with E-state index in [1.54, 1.807) is 0 Å². The van der Waals surface area contributed by atoms with Gasteiger partial charge < -0.3 is 15.8 Å². The molecule has 5 heteroatoms. The van der Waals surface area contributed by atoms with Crippen LogP contribution < -0.4 is 15.8 Å². The average Bonchev–Trinajstić information content (AvgIpc) is 2.36. The number of primary amides is 1. The maximum absolute atomic E-state index is 11.3. The largest absolute Gasteiger partial charge is 0.493 e. The Morgan fingerprint density at radius 1 is 1.58 bits per heavy atom. The molecule has 1 aliphatic heterocycles. The summed E-state index contributed by atoms with van der Waals surface area (Å²) in [6.07, 6.45) is 0.887. The molecule has 19 heavy (non-hydrogen) atoms. The van der Waals surface area contributed by atoms with Crippen molar-refractivity contribution in [1.29, 1.82) is 0 Å². The predicted molar refractivity (Wildman–Crippen MR) is 78.0 cm³/mol. The zero-order valence-corrected chi connectivity index (χ0v) is 12.8. The molecule has 104 valence electrons. The molecule has 0 saturated heterocycles. The number of rotatable bonds is 4. The first-order valence-electron chi connectivity index (χ1n) is 6.36. The zero-order chi connectivity index (χ0) is 14.0. The number of halogens is 1. The molecule has 1 amide bonds. The van der Waals surface area contributed by atoms with Gasteiger partial charge in [0.1, 0.15) is 5.75 Å². The minimum Gasteiger partial charge on any atom is -0.493 e. The maximum atomic E-state index is 11.3. The van der Waals surface area contributed by atoms with Crippen LogP contribution in [-0.2, 0) is 4.79 Å². The predicted octanol–water partition coefficient (Wildman–Crippen LogP) is 2.37. The van der Waals surface area contributed by atoms with E-state index in [9.17, 15) is 4.79 Å². The first-order chi connectivity index (χ1) is 8.90. The fourth-order valence-electron chi connectivity index (χ4n) is 2.04. The van der Waals surface area contributed by atoms with E-state index in [1.807, 2.05) is 26.0 Å². The van der Waals surface area contributed by atoms with Gasteiger partial charge >= 0.3 is 0 Å². The van der Waals surface area contributed by atoms with Gasteiger partial charge in [0.2, 0.25) is 5.91 Å². The number of carbonyl (C=O) groups is 1. The average molecular weight is 327 g/mol. The number of hydrogen-bond donors (Lipinski definition) is 2. The highest BCUT2D eigenvalue weighted by Gasteiger charge is 2.28. The summed E-state index contributed by atoms with van der Waals surface area (Å²) >= 11 is 3.47. The molecule has 1 atom stereocenters. The van der Waals surface area contributed by atoms with Gasteiger partial charge in [0.15, 0.2) is 0 Å². The Morgan fingerprint density at radius 2 is 2.32 bits per heavy atom. The second-order valence-corrected chi connectivity index (χ2v) is 6.42. The van der Waals surface area contributed by atoms with Crippen molar-refractivity contribution < 1.29 is 9.53 Å². The van der Waals surface area contributed by atoms with Crippen LogP contribution in [0.15, 0.2) is 22.7 Å². The quantitative estimate of drug-likeness (QED) is 0.892. The van der Waals surface area contributed by atoms with Gasteiger partial charge in [-0.25, -0.2) is 0 Å². The molecule has 0 aliphatic carbocycles. The van der Waals surface area contributed by atoms with E-state index in [0.29, 0.717) is 13.2 Å². The molecule has 1 aromatic carbocycles. The highest BCUT2D eigenvalue weighted by Crippen LogP contribution is 2.34. The Hall–Kier alpha value is -1.07. The van der Waals surface area contributed by atoms with E-state index in [4.69, 9.17) is 10.5 Å². The van der Waals surface area contributed by atoms with E-state index >= 15 is 0 Å². The molecule has 2 rings (SSSR count). The van der Waals surface area contributed by atoms with Crippen molar-refractivity contribution in [2.24, 2.45) is 11.1 Å². The molecule has 0 spiro atoms. The minimum absolute atomic E-state index is 0.194. The van der Waals surface area contributed by atoms with Gasteiger partial charge in [-0.2, -0.15) is 0 Å². The van der Waals surface area contributed by atoms with Crippen LogP contribution in [0.25, 0.3) is 0 Å². The standard InChI is InChI=1S/C14H19BrN2O2/c1-14(2,13(16)18)8-17-11-5-6-19-12-4-3-9(15)7-10(11)12/h3-4,7,11,17H,5-6,8H2,1-2H3,(H2,16,18). The van der Waals surface area contributed by atoms with Gasteiger partial charge in [-0.15, -0.1) is 0 Å². The molecular formula is C14H19BrN2O2. The summed E-state index contributed by atoms with van der Waals surface area (Å²) in [4.78, 5) is 11.3. The Labute approximate surface area is 121 Å². The Balaban J connectivity index is 2.12. The summed E-state index contributed by atoms with van der Waals surface area (Å²) in [5, 5.41) is 3.42. The topological polar surface area (TPSA) is 64.3 Å². The summed E-state index contributed by atoms with van der Waals surface area (Å²) in [6, 6.07) is 6.18. The number of benzene rings is 1. The first kappa shape index (κ1) is 14.3. The van der Waals surface area contributed by atoms with Gasteiger partial charge in [0.05, 0.1) is 12.0 Å². The molecule has 0 saturated carbocycles. The van der Waals surface area contributed by atoms with Crippen molar-refractivity contribution in [2.45, 2.75) is 26.3 Å². The smallest absolute Gasteiger partial charge is 0.224 e. The molecule has 1 aromatic rings. The Morgan fingerprint density at radius 3 is 3.00 bits per heavy atom. The molecule has 0 aromatic heterocycles. The highest BCUT2D eigenvalue weighted by atomic mass is 79.9. The van der Waals surface area contributed by atoms with Crippen molar-refractivity contribution in [1.82, 2.24) is 5.32 Å². The normalized spacial score (nSPS) is 18.6. The number of carbonyl (C=O) groups excluding carboxylic acids is 1. The van der Waals surface area contributed by atoms with Crippen molar-refractivity contribution in [3.05, 3.63) is 28.2 Å². The second-order valence-electron chi connectivity index (χ2n) is 5.50. The van der Waals surface area contributed by atoms with Crippen LogP contribution >= 0.6 is 15.9 Å². The fraction of sp³-hybridized carbons (Fsp3) is 0.500. The SMILES string of the molecule is CC(C)(CNC1CCOc2ccc(Br)cc21)C(N)=O. The molecule has 1 unspecified atom stereocenters. The zero-order valence-electron chi connectivity index (χ0n) is 11.2. The van der Waals surface area contributed by atoms with Gasteiger partial charge in [0.25, 0.3) is 0 Å². The Kier molecular flexibility index (Phi) is 4.16. The van der Waals surface area contributed by atoms with Crippen molar-refractivity contribution in [3.63, 3.8) is 0 Å². The second kappa shape index (κ2) is 5.51. The number of amides is 1. The van der Waals surface area contributed by atoms with Crippen LogP contribution in [0.3, 0.4) is 0 Å². The third-order valence-corrected chi connectivity index (χ3v) is 3.96. The van der Waals surface area contributed by atoms with Gasteiger partial charge in [0, 0.05) is 29.0 Å². The lowest BCUT2D eigenvalue weighted by Crippen LogP contribution is -2.42. The van der Waals surface area contributed by atoms with Crippen LogP contribution in [0.5, 0.6) is 5.75 Å². The van der Waals surface area contributed by atoms with Crippen molar-refractivity contribution in [2.75, 3.05) is 13.2 Å². The monoisotopic (exact) mass is 326 g/mol. The third kappa shape index (κ3) is 3.28. The highest BCUT2D eigenvalue weighted by molar-refractivity contribution is 9.10. The first-order valence-corrected chi connectivity index (χ1v) is 7.15. The molecule has 0 fully saturated rings. The third-order valence-electron chi connectivity index (χ3n) is 3.47.